The van der Waals surface area contributed by atoms with Gasteiger partial charge >= 0.3 is 6.03 Å². The van der Waals surface area contributed by atoms with Crippen molar-refractivity contribution in [1.82, 2.24) is 36.0 Å². The molecular formula is C74H114N8O22. The molecule has 21 atom stereocenters. The van der Waals surface area contributed by atoms with Crippen LogP contribution in [0, 0.1) is 17.8 Å². The van der Waals surface area contributed by atoms with E-state index < -0.39 is 102 Å². The average molecular weight is 1470 g/mol. The number of primary amides is 1. The molecule has 7 N–H and O–H groups in total. The molecule has 1 spiro atoms. The standard InChI is InChI=1S/C74H114N8O22/c1-43(2)64(79-60(85)42-80-22-26-93-30-32-95-28-24-81(25-29-96-33-31-94-27-23-80)61(86)11-7-8-21-82-62(87)16-17-63(82)88)72(90)78-53(10-9-20-76-73(75)91)71(89)77-41-48(84)38-58-65(92-6)52-37-47(83)36-50-13-15-55-66(99-50)70-69-68(101-55)67-59(102-69)40-74(103-67,104-70)19-18-51-35-45(4)54(97-51)14-12-49-34-44(3)46(5)56(98-49)39-57(52)100-58/h16-17,43-44,48-59,64-70,84H,4-5,7-15,18-42H2,1-3,6H3,(H,77,89)(H,78,90)(H,79,85)(H3,75,76,91)/t44-,48+,49+,50-,51+,52+,53+,54+,55+,56-,57+,58-,59-,64+,65-,66+,67+,68?,69?,70+,74+/m1/s1. The molecule has 8 amide bonds. The van der Waals surface area contributed by atoms with Crippen LogP contribution in [-0.4, -0.2) is 295 Å². The molecule has 12 rings (SSSR count). The van der Waals surface area contributed by atoms with Crippen LogP contribution in [-0.2, 0) is 95.1 Å². The van der Waals surface area contributed by atoms with E-state index in [1.807, 2.05) is 4.90 Å². The number of fused-ring (bicyclic) bond motifs is 6. The number of Topliss-reactive ketones (excluding diaryl/α,β-unsaturated/α-hetero) is 1. The molecule has 0 radical (unpaired) electrons. The van der Waals surface area contributed by atoms with Gasteiger partial charge in [-0.2, -0.15) is 0 Å². The van der Waals surface area contributed by atoms with Gasteiger partial charge in [0.05, 0.1) is 127 Å². The van der Waals surface area contributed by atoms with Gasteiger partial charge in [0.1, 0.15) is 48.4 Å². The highest BCUT2D eigenvalue weighted by molar-refractivity contribution is 6.12. The summed E-state index contributed by atoms with van der Waals surface area (Å²) in [5.41, 5.74) is 7.38. The number of unbranched alkanes of at least 4 members (excludes halogenated alkanes) is 1. The predicted octanol–water partition coefficient (Wildman–Crippen LogP) is 1.98. The number of nitrogens with one attached hydrogen (secondary N) is 4. The van der Waals surface area contributed by atoms with Crippen molar-refractivity contribution in [3.05, 3.63) is 36.5 Å². The Morgan fingerprint density at radius 3 is 2.05 bits per heavy atom. The number of rotatable bonds is 21. The Morgan fingerprint density at radius 2 is 1.35 bits per heavy atom. The number of carbonyl (C=O) groups is 8. The highest BCUT2D eigenvalue weighted by Crippen LogP contribution is 2.55. The minimum Gasteiger partial charge on any atom is -0.391 e. The summed E-state index contributed by atoms with van der Waals surface area (Å²) in [5, 5.41) is 23.0. The fourth-order valence-electron chi connectivity index (χ4n) is 17.0. The van der Waals surface area contributed by atoms with Crippen LogP contribution in [0.5, 0.6) is 0 Å². The van der Waals surface area contributed by atoms with E-state index in [4.69, 9.17) is 67.3 Å². The third-order valence-corrected chi connectivity index (χ3v) is 22.6. The van der Waals surface area contributed by atoms with Gasteiger partial charge in [-0.25, -0.2) is 4.79 Å². The van der Waals surface area contributed by atoms with Crippen molar-refractivity contribution in [2.75, 3.05) is 112 Å². The van der Waals surface area contributed by atoms with E-state index in [1.165, 1.54) is 12.2 Å². The third-order valence-electron chi connectivity index (χ3n) is 22.6. The zero-order valence-corrected chi connectivity index (χ0v) is 61.2. The quantitative estimate of drug-likeness (QED) is 0.0543. The van der Waals surface area contributed by atoms with Gasteiger partial charge in [0.2, 0.25) is 23.6 Å². The zero-order chi connectivity index (χ0) is 73.6. The number of hydrogen-bond donors (Lipinski definition) is 6. The molecule has 12 bridgehead atoms. The van der Waals surface area contributed by atoms with Gasteiger partial charge in [-0.1, -0.05) is 33.9 Å². The van der Waals surface area contributed by atoms with Crippen LogP contribution in [0.4, 0.5) is 4.79 Å². The van der Waals surface area contributed by atoms with E-state index in [0.717, 1.165) is 48.2 Å². The molecule has 30 heteroatoms. The number of hydrogen-bond acceptors (Lipinski definition) is 23. The van der Waals surface area contributed by atoms with Crippen molar-refractivity contribution in [2.24, 2.45) is 23.5 Å². The number of amides is 8. The minimum atomic E-state index is -1.19. The van der Waals surface area contributed by atoms with Gasteiger partial charge in [-0.05, 0) is 93.6 Å². The lowest BCUT2D eigenvalue weighted by Gasteiger charge is -2.47. The summed E-state index contributed by atoms with van der Waals surface area (Å²) in [4.78, 5) is 111. The molecule has 12 aliphatic heterocycles. The van der Waals surface area contributed by atoms with Gasteiger partial charge < -0.3 is 98.6 Å². The monoisotopic (exact) mass is 1470 g/mol. The second-order valence-electron chi connectivity index (χ2n) is 30.4. The van der Waals surface area contributed by atoms with E-state index in [-0.39, 0.29) is 196 Å². The Balaban J connectivity index is 0.684. The van der Waals surface area contributed by atoms with Crippen molar-refractivity contribution in [2.45, 2.75) is 252 Å². The first-order valence-corrected chi connectivity index (χ1v) is 38.2. The van der Waals surface area contributed by atoms with Crippen molar-refractivity contribution >= 4 is 47.3 Å². The number of ketones is 1. The molecule has 30 nitrogen and oxygen atoms in total. The fraction of sp³-hybridized carbons (Fsp3) is 0.811. The van der Waals surface area contributed by atoms with Crippen molar-refractivity contribution < 1.29 is 105 Å². The summed E-state index contributed by atoms with van der Waals surface area (Å²) >= 11 is 0. The number of imide groups is 1. The van der Waals surface area contributed by atoms with E-state index in [0.29, 0.717) is 71.1 Å². The molecule has 0 saturated carbocycles. The van der Waals surface area contributed by atoms with E-state index >= 15 is 0 Å². The molecule has 11 saturated heterocycles. The van der Waals surface area contributed by atoms with E-state index in [1.54, 1.807) is 25.9 Å². The maximum absolute atomic E-state index is 14.7. The second kappa shape index (κ2) is 37.6. The summed E-state index contributed by atoms with van der Waals surface area (Å²) < 4.78 is 84.5. The van der Waals surface area contributed by atoms with Crippen LogP contribution in [0.15, 0.2) is 36.5 Å². The van der Waals surface area contributed by atoms with Crippen LogP contribution in [0.25, 0.3) is 0 Å². The molecule has 2 unspecified atom stereocenters. The summed E-state index contributed by atoms with van der Waals surface area (Å²) in [6, 6.07) is -3.01. The maximum atomic E-state index is 14.7. The molecule has 0 aromatic rings. The number of urea groups is 1. The number of nitrogens with two attached hydrogens (primary N) is 1. The van der Waals surface area contributed by atoms with Crippen molar-refractivity contribution in [3.63, 3.8) is 0 Å². The lowest BCUT2D eigenvalue weighted by atomic mass is 9.81. The molecule has 0 aromatic carbocycles. The van der Waals surface area contributed by atoms with Crippen LogP contribution in [0.3, 0.4) is 0 Å². The summed E-state index contributed by atoms with van der Waals surface area (Å²) in [6.45, 7) is 18.0. The van der Waals surface area contributed by atoms with Gasteiger partial charge in [-0.15, -0.1) is 0 Å². The summed E-state index contributed by atoms with van der Waals surface area (Å²) in [7, 11) is 1.57. The van der Waals surface area contributed by atoms with Gasteiger partial charge in [0.25, 0.3) is 11.8 Å². The number of nitrogens with zero attached hydrogens (tertiary/aromatic N) is 3. The number of aliphatic hydroxyl groups is 1. The van der Waals surface area contributed by atoms with Gasteiger partial charge in [0.15, 0.2) is 5.79 Å². The highest BCUT2D eigenvalue weighted by Gasteiger charge is 2.69. The molecule has 12 heterocycles. The molecule has 12 aliphatic rings. The van der Waals surface area contributed by atoms with Crippen molar-refractivity contribution in [3.8, 4) is 0 Å². The molecule has 11 fully saturated rings. The molecule has 0 aliphatic carbocycles. The van der Waals surface area contributed by atoms with Gasteiger partial charge in [-0.3, -0.25) is 43.4 Å². The number of ether oxygens (including phenoxy) is 13. The Labute approximate surface area is 610 Å². The predicted molar refractivity (Wildman–Crippen MR) is 372 cm³/mol. The smallest absolute Gasteiger partial charge is 0.312 e. The largest absolute Gasteiger partial charge is 0.391 e. The first-order valence-electron chi connectivity index (χ1n) is 38.2. The van der Waals surface area contributed by atoms with E-state index in [9.17, 15) is 43.5 Å². The lowest BCUT2D eigenvalue weighted by Crippen LogP contribution is -2.61. The minimum absolute atomic E-state index is 0.00668. The normalized spacial score (nSPS) is 35.7. The Kier molecular flexibility index (Phi) is 28.8. The molecule has 582 valence electrons. The molecular weight excluding hydrogens is 1350 g/mol. The SMILES string of the molecule is C=C1C[C@@H]2CC[C@@]34C[C@H]5OC6C(O[C@H]7CC[C@H](CC(=O)C[C@@H]8[C@@H](OC)[C@@H](C[C@H](O)CNC(=O)[C@H](CCCNC(N)=O)NC(=O)[C@@H](NC(=O)CN9CCOCCOCCN(C(=O)CCCCN%10C(=O)C=CC%10=O)CCOCCOCC9)C(C)C)O[C@H]8C[C@H]8O[C@@H](CC[C@@H]1O2)C[C@@H](C)C8=C)O[C@@H]7[C@@H]6O3)[C@H]5O4. The summed E-state index contributed by atoms with van der Waals surface area (Å²) in [6.07, 6.45) is 4.51. The highest BCUT2D eigenvalue weighted by atomic mass is 16.8. The van der Waals surface area contributed by atoms with Crippen LogP contribution in [0.2, 0.25) is 0 Å². The lowest BCUT2D eigenvalue weighted by molar-refractivity contribution is -0.292. The topological polar surface area (TPSA) is 361 Å². The van der Waals surface area contributed by atoms with E-state index in [2.05, 4.69) is 41.3 Å². The number of methoxy groups -OCH3 is 1. The first-order chi connectivity index (χ1) is 50.1. The molecule has 104 heavy (non-hydrogen) atoms. The van der Waals surface area contributed by atoms with Crippen LogP contribution < -0.4 is 27.0 Å². The fourth-order valence-corrected chi connectivity index (χ4v) is 17.0. The van der Waals surface area contributed by atoms with Crippen LogP contribution >= 0.6 is 0 Å². The first kappa shape index (κ1) is 79.6. The number of carbonyl (C=O) groups excluding carboxylic acids is 8. The Bertz CT molecular complexity index is 2980. The Morgan fingerprint density at radius 1 is 0.683 bits per heavy atom. The summed E-state index contributed by atoms with van der Waals surface area (Å²) in [5.74, 6) is -4.16. The maximum Gasteiger partial charge on any atom is 0.312 e. The van der Waals surface area contributed by atoms with Crippen LogP contribution in [0.1, 0.15) is 136 Å². The van der Waals surface area contributed by atoms with Gasteiger partial charge in [0, 0.05) is 116 Å². The second-order valence-corrected chi connectivity index (χ2v) is 30.4. The molecule has 0 aromatic heterocycles. The average Bonchev–Trinajstić information content (AvgIpc) is 1.55. The van der Waals surface area contributed by atoms with Crippen molar-refractivity contribution in [1.29, 1.82) is 0 Å². The Hall–Kier alpha value is -5.42. The number of aliphatic hydroxyl groups excluding tert-OH is 1. The zero-order valence-electron chi connectivity index (χ0n) is 61.2. The third kappa shape index (κ3) is 20.9.